The summed E-state index contributed by atoms with van der Waals surface area (Å²) in [7, 11) is 1.61. The van der Waals surface area contributed by atoms with Gasteiger partial charge in [0.2, 0.25) is 0 Å². The van der Waals surface area contributed by atoms with Gasteiger partial charge in [-0.2, -0.15) is 5.10 Å². The average molecular weight is 439 g/mol. The molecule has 32 heavy (non-hydrogen) atoms. The number of morpholine rings is 1. The molecule has 1 fully saturated rings. The minimum Gasteiger partial charge on any atom is -0.497 e. The Balaban J connectivity index is 1.51. The number of ether oxygens (including phenoxy) is 2. The van der Waals surface area contributed by atoms with Crippen molar-refractivity contribution in [2.75, 3.05) is 46.5 Å². The third kappa shape index (κ3) is 5.33. The number of methoxy groups -OCH3 is 1. The number of rotatable bonds is 8. The summed E-state index contributed by atoms with van der Waals surface area (Å²) in [6, 6.07) is 15.1. The first-order valence-electron chi connectivity index (χ1n) is 10.7. The van der Waals surface area contributed by atoms with Crippen molar-refractivity contribution in [1.82, 2.24) is 20.0 Å². The number of halogens is 1. The molecule has 0 atom stereocenters. The van der Waals surface area contributed by atoms with Gasteiger partial charge in [0.1, 0.15) is 17.3 Å². The number of nitrogens with one attached hydrogen (secondary N) is 1. The second-order valence-corrected chi connectivity index (χ2v) is 7.60. The van der Waals surface area contributed by atoms with Crippen LogP contribution < -0.4 is 10.1 Å². The van der Waals surface area contributed by atoms with Gasteiger partial charge in [-0.15, -0.1) is 0 Å². The molecule has 1 aromatic heterocycles. The van der Waals surface area contributed by atoms with Crippen molar-refractivity contribution in [3.05, 3.63) is 66.1 Å². The zero-order valence-corrected chi connectivity index (χ0v) is 18.1. The highest BCUT2D eigenvalue weighted by Crippen LogP contribution is 2.24. The SMILES string of the molecule is COc1ccc(-c2cc(C(=O)NCCCN3CCOCC3)n(-c3ccc(F)cc3)n2)cc1. The van der Waals surface area contributed by atoms with E-state index in [-0.39, 0.29) is 11.7 Å². The van der Waals surface area contributed by atoms with E-state index in [0.29, 0.717) is 23.6 Å². The van der Waals surface area contributed by atoms with Gasteiger partial charge in [-0.1, -0.05) is 0 Å². The summed E-state index contributed by atoms with van der Waals surface area (Å²) >= 11 is 0. The highest BCUT2D eigenvalue weighted by Gasteiger charge is 2.18. The largest absolute Gasteiger partial charge is 0.497 e. The van der Waals surface area contributed by atoms with Crippen molar-refractivity contribution >= 4 is 5.91 Å². The monoisotopic (exact) mass is 438 g/mol. The number of carbonyl (C=O) groups is 1. The van der Waals surface area contributed by atoms with Crippen molar-refractivity contribution in [2.24, 2.45) is 0 Å². The van der Waals surface area contributed by atoms with Gasteiger partial charge in [-0.05, 0) is 67.6 Å². The molecule has 2 aromatic carbocycles. The summed E-state index contributed by atoms with van der Waals surface area (Å²) in [5, 5.41) is 7.62. The molecule has 1 saturated heterocycles. The first-order chi connectivity index (χ1) is 15.6. The Bertz CT molecular complexity index is 1030. The highest BCUT2D eigenvalue weighted by molar-refractivity contribution is 5.94. The quantitative estimate of drug-likeness (QED) is 0.548. The third-order valence-electron chi connectivity index (χ3n) is 5.44. The molecule has 8 heteroatoms. The van der Waals surface area contributed by atoms with E-state index in [4.69, 9.17) is 9.47 Å². The van der Waals surface area contributed by atoms with Gasteiger partial charge in [0.05, 0.1) is 31.7 Å². The number of hydrogen-bond donors (Lipinski definition) is 1. The summed E-state index contributed by atoms with van der Waals surface area (Å²) in [4.78, 5) is 15.3. The number of amides is 1. The van der Waals surface area contributed by atoms with Gasteiger partial charge in [0, 0.05) is 25.2 Å². The fraction of sp³-hybridized carbons (Fsp3) is 0.333. The van der Waals surface area contributed by atoms with E-state index < -0.39 is 0 Å². The molecule has 1 aliphatic rings. The Morgan fingerprint density at radius 3 is 2.53 bits per heavy atom. The molecule has 2 heterocycles. The molecule has 1 amide bonds. The molecule has 0 unspecified atom stereocenters. The average Bonchev–Trinajstić information content (AvgIpc) is 3.28. The minimum atomic E-state index is -0.342. The van der Waals surface area contributed by atoms with Crippen LogP contribution >= 0.6 is 0 Å². The molecule has 0 bridgehead atoms. The Labute approximate surface area is 186 Å². The maximum absolute atomic E-state index is 13.4. The molecule has 0 saturated carbocycles. The van der Waals surface area contributed by atoms with Gasteiger partial charge >= 0.3 is 0 Å². The maximum Gasteiger partial charge on any atom is 0.270 e. The van der Waals surface area contributed by atoms with E-state index >= 15 is 0 Å². The van der Waals surface area contributed by atoms with Crippen molar-refractivity contribution in [3.63, 3.8) is 0 Å². The van der Waals surface area contributed by atoms with Crippen LogP contribution in [0.5, 0.6) is 5.75 Å². The van der Waals surface area contributed by atoms with Gasteiger partial charge in [0.15, 0.2) is 0 Å². The lowest BCUT2D eigenvalue weighted by molar-refractivity contribution is 0.0374. The molecular formula is C24H27FN4O3. The van der Waals surface area contributed by atoms with E-state index in [1.54, 1.807) is 30.0 Å². The Hall–Kier alpha value is -3.23. The molecule has 0 spiro atoms. The fourth-order valence-corrected chi connectivity index (χ4v) is 3.64. The van der Waals surface area contributed by atoms with Crippen LogP contribution in [0.1, 0.15) is 16.9 Å². The van der Waals surface area contributed by atoms with E-state index in [0.717, 1.165) is 50.6 Å². The normalized spacial score (nSPS) is 14.3. The van der Waals surface area contributed by atoms with Gasteiger partial charge in [-0.3, -0.25) is 9.69 Å². The second-order valence-electron chi connectivity index (χ2n) is 7.60. The lowest BCUT2D eigenvalue weighted by Gasteiger charge is -2.26. The molecule has 0 aliphatic carbocycles. The van der Waals surface area contributed by atoms with E-state index in [1.165, 1.54) is 12.1 Å². The summed E-state index contributed by atoms with van der Waals surface area (Å²) in [5.41, 5.74) is 2.52. The van der Waals surface area contributed by atoms with Crippen LogP contribution in [0.2, 0.25) is 0 Å². The summed E-state index contributed by atoms with van der Waals surface area (Å²) in [5.74, 6) is 0.180. The van der Waals surface area contributed by atoms with Gasteiger partial charge in [0.25, 0.3) is 5.91 Å². The molecule has 0 radical (unpaired) electrons. The molecule has 7 nitrogen and oxygen atoms in total. The number of carbonyl (C=O) groups excluding carboxylic acids is 1. The Morgan fingerprint density at radius 1 is 1.12 bits per heavy atom. The predicted molar refractivity (Wildman–Crippen MR) is 120 cm³/mol. The van der Waals surface area contributed by atoms with Crippen LogP contribution in [0.3, 0.4) is 0 Å². The zero-order chi connectivity index (χ0) is 22.3. The van der Waals surface area contributed by atoms with Crippen LogP contribution in [0, 0.1) is 5.82 Å². The Morgan fingerprint density at radius 2 is 1.84 bits per heavy atom. The smallest absolute Gasteiger partial charge is 0.270 e. The molecule has 1 aliphatic heterocycles. The minimum absolute atomic E-state index is 0.219. The second kappa shape index (κ2) is 10.4. The number of aromatic nitrogens is 2. The molecule has 1 N–H and O–H groups in total. The summed E-state index contributed by atoms with van der Waals surface area (Å²) < 4.78 is 25.6. The van der Waals surface area contributed by atoms with Crippen molar-refractivity contribution in [2.45, 2.75) is 6.42 Å². The van der Waals surface area contributed by atoms with Crippen LogP contribution in [-0.2, 0) is 4.74 Å². The van der Waals surface area contributed by atoms with Crippen LogP contribution in [0.25, 0.3) is 16.9 Å². The number of nitrogens with zero attached hydrogens (tertiary/aromatic N) is 3. The third-order valence-corrected chi connectivity index (χ3v) is 5.44. The standard InChI is InChI=1S/C24H27FN4O3/c1-31-21-9-3-18(4-10-21)22-17-23(29(27-22)20-7-5-19(25)6-8-20)24(30)26-11-2-12-28-13-15-32-16-14-28/h3-10,17H,2,11-16H2,1H3,(H,26,30). The lowest BCUT2D eigenvalue weighted by Crippen LogP contribution is -2.38. The predicted octanol–water partition coefficient (Wildman–Crippen LogP) is 3.14. The fourth-order valence-electron chi connectivity index (χ4n) is 3.64. The zero-order valence-electron chi connectivity index (χ0n) is 18.1. The van der Waals surface area contributed by atoms with Crippen molar-refractivity contribution in [1.29, 1.82) is 0 Å². The van der Waals surface area contributed by atoms with Gasteiger partial charge in [-0.25, -0.2) is 9.07 Å². The van der Waals surface area contributed by atoms with E-state index in [1.807, 2.05) is 24.3 Å². The summed E-state index contributed by atoms with van der Waals surface area (Å²) in [6.07, 6.45) is 0.849. The van der Waals surface area contributed by atoms with E-state index in [9.17, 15) is 9.18 Å². The van der Waals surface area contributed by atoms with E-state index in [2.05, 4.69) is 15.3 Å². The van der Waals surface area contributed by atoms with Crippen molar-refractivity contribution < 1.29 is 18.7 Å². The molecular weight excluding hydrogens is 411 g/mol. The van der Waals surface area contributed by atoms with Crippen LogP contribution in [-0.4, -0.2) is 67.1 Å². The lowest BCUT2D eigenvalue weighted by atomic mass is 10.1. The topological polar surface area (TPSA) is 68.6 Å². The number of benzene rings is 2. The first-order valence-corrected chi connectivity index (χ1v) is 10.7. The van der Waals surface area contributed by atoms with Crippen LogP contribution in [0.4, 0.5) is 4.39 Å². The Kier molecular flexibility index (Phi) is 7.14. The maximum atomic E-state index is 13.4. The number of hydrogen-bond acceptors (Lipinski definition) is 5. The molecule has 4 rings (SSSR count). The van der Waals surface area contributed by atoms with Crippen molar-refractivity contribution in [3.8, 4) is 22.7 Å². The highest BCUT2D eigenvalue weighted by atomic mass is 19.1. The first kappa shape index (κ1) is 22.0. The molecule has 168 valence electrons. The van der Waals surface area contributed by atoms with Gasteiger partial charge < -0.3 is 14.8 Å². The summed E-state index contributed by atoms with van der Waals surface area (Å²) in [6.45, 7) is 4.85. The molecule has 3 aromatic rings. The van der Waals surface area contributed by atoms with Crippen LogP contribution in [0.15, 0.2) is 54.6 Å².